The molecule has 0 atom stereocenters. The largest absolute Gasteiger partial charge is 0.355 e. The van der Waals surface area contributed by atoms with E-state index in [0.29, 0.717) is 17.1 Å². The molecular weight excluding hydrogens is 274 g/mol. The van der Waals surface area contributed by atoms with E-state index in [1.165, 1.54) is 0 Å². The minimum Gasteiger partial charge on any atom is -0.355 e. The first kappa shape index (κ1) is 15.0. The van der Waals surface area contributed by atoms with E-state index in [0.717, 1.165) is 6.42 Å². The molecule has 0 aliphatic carbocycles. The van der Waals surface area contributed by atoms with Crippen molar-refractivity contribution in [3.8, 4) is 0 Å². The zero-order chi connectivity index (χ0) is 13.6. The lowest BCUT2D eigenvalue weighted by molar-refractivity contribution is -0.118. The zero-order valence-corrected chi connectivity index (χ0v) is 11.7. The van der Waals surface area contributed by atoms with Crippen molar-refractivity contribution in [3.05, 3.63) is 34.9 Å². The summed E-state index contributed by atoms with van der Waals surface area (Å²) in [6.07, 6.45) is 0.781. The molecule has 1 rings (SSSR count). The molecule has 0 aliphatic heterocycles. The van der Waals surface area contributed by atoms with Gasteiger partial charge in [0.25, 0.3) is 0 Å². The minimum absolute atomic E-state index is 0.149. The average molecular weight is 290 g/mol. The molecule has 0 aliphatic rings. The number of amides is 1. The SMILES string of the molecule is CCCNC(=O)CS(=O)(=O)Cc1ccc(Cl)cc1. The molecule has 1 aromatic rings. The number of hydrogen-bond donors (Lipinski definition) is 1. The molecule has 0 aromatic heterocycles. The summed E-state index contributed by atoms with van der Waals surface area (Å²) in [4.78, 5) is 11.4. The Morgan fingerprint density at radius 3 is 2.44 bits per heavy atom. The fourth-order valence-electron chi connectivity index (χ4n) is 1.40. The van der Waals surface area contributed by atoms with E-state index in [1.54, 1.807) is 24.3 Å². The molecule has 1 N–H and O–H groups in total. The summed E-state index contributed by atoms with van der Waals surface area (Å²) in [7, 11) is -3.43. The van der Waals surface area contributed by atoms with Crippen molar-refractivity contribution in [2.24, 2.45) is 0 Å². The molecule has 0 saturated heterocycles. The van der Waals surface area contributed by atoms with Crippen molar-refractivity contribution in [2.45, 2.75) is 19.1 Å². The molecule has 0 spiro atoms. The van der Waals surface area contributed by atoms with E-state index in [-0.39, 0.29) is 5.75 Å². The number of rotatable bonds is 6. The third kappa shape index (κ3) is 5.51. The summed E-state index contributed by atoms with van der Waals surface area (Å²) in [5, 5.41) is 3.10. The lowest BCUT2D eigenvalue weighted by Crippen LogP contribution is -2.31. The predicted molar refractivity (Wildman–Crippen MR) is 72.2 cm³/mol. The van der Waals surface area contributed by atoms with Crippen LogP contribution in [0.1, 0.15) is 18.9 Å². The van der Waals surface area contributed by atoms with Crippen LogP contribution in [0.4, 0.5) is 0 Å². The fourth-order valence-corrected chi connectivity index (χ4v) is 2.83. The average Bonchev–Trinajstić information content (AvgIpc) is 2.28. The van der Waals surface area contributed by atoms with Crippen LogP contribution >= 0.6 is 11.6 Å². The molecule has 6 heteroatoms. The molecule has 0 fully saturated rings. The van der Waals surface area contributed by atoms with Gasteiger partial charge in [-0.05, 0) is 24.1 Å². The van der Waals surface area contributed by atoms with Crippen LogP contribution in [0.2, 0.25) is 5.02 Å². The third-order valence-corrected chi connectivity index (χ3v) is 3.95. The Morgan fingerprint density at radius 1 is 1.28 bits per heavy atom. The van der Waals surface area contributed by atoms with Gasteiger partial charge in [0.15, 0.2) is 9.84 Å². The van der Waals surface area contributed by atoms with Gasteiger partial charge in [-0.15, -0.1) is 0 Å². The third-order valence-electron chi connectivity index (χ3n) is 2.22. The van der Waals surface area contributed by atoms with Crippen LogP contribution in [0, 0.1) is 0 Å². The van der Waals surface area contributed by atoms with Crippen molar-refractivity contribution < 1.29 is 13.2 Å². The number of hydrogen-bond acceptors (Lipinski definition) is 3. The van der Waals surface area contributed by atoms with Crippen LogP contribution in [0.25, 0.3) is 0 Å². The number of nitrogens with one attached hydrogen (secondary N) is 1. The summed E-state index contributed by atoms with van der Waals surface area (Å²) in [6, 6.07) is 6.54. The van der Waals surface area contributed by atoms with Gasteiger partial charge in [0.1, 0.15) is 5.75 Å². The van der Waals surface area contributed by atoms with Crippen molar-refractivity contribution in [1.82, 2.24) is 5.32 Å². The molecule has 100 valence electrons. The van der Waals surface area contributed by atoms with Crippen LogP contribution < -0.4 is 5.32 Å². The first-order valence-electron chi connectivity index (χ1n) is 5.64. The van der Waals surface area contributed by atoms with Gasteiger partial charge in [-0.2, -0.15) is 0 Å². The second-order valence-electron chi connectivity index (χ2n) is 4.01. The zero-order valence-electron chi connectivity index (χ0n) is 10.1. The molecule has 1 aromatic carbocycles. The van der Waals surface area contributed by atoms with E-state index in [2.05, 4.69) is 5.32 Å². The summed E-state index contributed by atoms with van der Waals surface area (Å²) >= 11 is 5.71. The van der Waals surface area contributed by atoms with E-state index in [1.807, 2.05) is 6.92 Å². The Kier molecular flexibility index (Phi) is 5.62. The highest BCUT2D eigenvalue weighted by Crippen LogP contribution is 2.12. The molecule has 4 nitrogen and oxygen atoms in total. The first-order chi connectivity index (χ1) is 8.43. The Hall–Kier alpha value is -1.07. The van der Waals surface area contributed by atoms with Gasteiger partial charge in [0.2, 0.25) is 5.91 Å². The maximum absolute atomic E-state index is 11.8. The standard InChI is InChI=1S/C12H16ClNO3S/c1-2-7-14-12(15)9-18(16,17)8-10-3-5-11(13)6-4-10/h3-6H,2,7-9H2,1H3,(H,14,15). The van der Waals surface area contributed by atoms with Crippen molar-refractivity contribution in [3.63, 3.8) is 0 Å². The molecular formula is C12H16ClNO3S. The van der Waals surface area contributed by atoms with Gasteiger partial charge in [0.05, 0.1) is 5.75 Å². The van der Waals surface area contributed by atoms with E-state index in [4.69, 9.17) is 11.6 Å². The van der Waals surface area contributed by atoms with Crippen LogP contribution in [-0.4, -0.2) is 26.6 Å². The quantitative estimate of drug-likeness (QED) is 0.868. The van der Waals surface area contributed by atoms with Crippen LogP contribution in [0.3, 0.4) is 0 Å². The normalized spacial score (nSPS) is 11.2. The second-order valence-corrected chi connectivity index (χ2v) is 6.51. The summed E-state index contributed by atoms with van der Waals surface area (Å²) in [5.74, 6) is -1.08. The van der Waals surface area contributed by atoms with Crippen molar-refractivity contribution in [1.29, 1.82) is 0 Å². The number of benzene rings is 1. The molecule has 18 heavy (non-hydrogen) atoms. The molecule has 0 radical (unpaired) electrons. The van der Waals surface area contributed by atoms with Gasteiger partial charge < -0.3 is 5.32 Å². The van der Waals surface area contributed by atoms with Crippen molar-refractivity contribution in [2.75, 3.05) is 12.3 Å². The topological polar surface area (TPSA) is 63.2 Å². The highest BCUT2D eigenvalue weighted by molar-refractivity contribution is 7.91. The second kappa shape index (κ2) is 6.75. The highest BCUT2D eigenvalue weighted by atomic mass is 35.5. The van der Waals surface area contributed by atoms with Crippen LogP contribution in [-0.2, 0) is 20.4 Å². The molecule has 0 bridgehead atoms. The van der Waals surface area contributed by atoms with Gasteiger partial charge >= 0.3 is 0 Å². The minimum atomic E-state index is -3.43. The lowest BCUT2D eigenvalue weighted by Gasteiger charge is -2.05. The maximum atomic E-state index is 11.8. The van der Waals surface area contributed by atoms with Crippen LogP contribution in [0.5, 0.6) is 0 Å². The lowest BCUT2D eigenvalue weighted by atomic mass is 10.2. The Labute approximate surface area is 112 Å². The van der Waals surface area contributed by atoms with Crippen LogP contribution in [0.15, 0.2) is 24.3 Å². The Morgan fingerprint density at radius 2 is 1.89 bits per heavy atom. The van der Waals surface area contributed by atoms with Gasteiger partial charge in [-0.1, -0.05) is 30.7 Å². The molecule has 0 heterocycles. The van der Waals surface area contributed by atoms with E-state index in [9.17, 15) is 13.2 Å². The molecule has 0 unspecified atom stereocenters. The van der Waals surface area contributed by atoms with E-state index >= 15 is 0 Å². The van der Waals surface area contributed by atoms with E-state index < -0.39 is 21.5 Å². The number of carbonyl (C=O) groups is 1. The molecule has 0 saturated carbocycles. The van der Waals surface area contributed by atoms with Gasteiger partial charge in [-0.25, -0.2) is 8.42 Å². The number of carbonyl (C=O) groups excluding carboxylic acids is 1. The molecule has 1 amide bonds. The highest BCUT2D eigenvalue weighted by Gasteiger charge is 2.16. The van der Waals surface area contributed by atoms with Gasteiger partial charge in [0, 0.05) is 11.6 Å². The van der Waals surface area contributed by atoms with Crippen molar-refractivity contribution >= 4 is 27.3 Å². The number of halogens is 1. The summed E-state index contributed by atoms with van der Waals surface area (Å²) < 4.78 is 23.5. The summed E-state index contributed by atoms with van der Waals surface area (Å²) in [5.41, 5.74) is 0.627. The smallest absolute Gasteiger partial charge is 0.235 e. The first-order valence-corrected chi connectivity index (χ1v) is 7.84. The van der Waals surface area contributed by atoms with Gasteiger partial charge in [-0.3, -0.25) is 4.79 Å². The fraction of sp³-hybridized carbons (Fsp3) is 0.417. The maximum Gasteiger partial charge on any atom is 0.235 e. The summed E-state index contributed by atoms with van der Waals surface area (Å²) in [6.45, 7) is 2.40. The number of sulfone groups is 1. The Bertz CT molecular complexity index is 497. The Balaban J connectivity index is 2.59. The monoisotopic (exact) mass is 289 g/mol. The predicted octanol–water partition coefficient (Wildman–Crippen LogP) is 1.78.